The second-order valence-corrected chi connectivity index (χ2v) is 5.98. The first-order valence-electron chi connectivity index (χ1n) is 6.52. The summed E-state index contributed by atoms with van der Waals surface area (Å²) >= 11 is 0. The molecule has 1 amide bonds. The van der Waals surface area contributed by atoms with Gasteiger partial charge in [-0.3, -0.25) is 4.79 Å². The van der Waals surface area contributed by atoms with Crippen LogP contribution in [0.15, 0.2) is 0 Å². The minimum absolute atomic E-state index is 0. The van der Waals surface area contributed by atoms with E-state index in [1.165, 1.54) is 0 Å². The lowest BCUT2D eigenvalue weighted by Crippen LogP contribution is -2.48. The lowest BCUT2D eigenvalue weighted by molar-refractivity contribution is -0.124. The van der Waals surface area contributed by atoms with Gasteiger partial charge in [0.15, 0.2) is 0 Å². The van der Waals surface area contributed by atoms with E-state index in [4.69, 9.17) is 10.5 Å². The summed E-state index contributed by atoms with van der Waals surface area (Å²) in [6, 6.07) is -0.433. The monoisotopic (exact) mass is 278 g/mol. The van der Waals surface area contributed by atoms with Gasteiger partial charge in [-0.2, -0.15) is 0 Å². The Kier molecular flexibility index (Phi) is 7.83. The first kappa shape index (κ1) is 17.7. The van der Waals surface area contributed by atoms with Crippen LogP contribution in [0.4, 0.5) is 0 Å². The van der Waals surface area contributed by atoms with Gasteiger partial charge in [-0.25, -0.2) is 0 Å². The molecule has 1 fully saturated rings. The molecule has 18 heavy (non-hydrogen) atoms. The fourth-order valence-electron chi connectivity index (χ4n) is 1.94. The minimum atomic E-state index is -0.433. The maximum absolute atomic E-state index is 11.8. The van der Waals surface area contributed by atoms with E-state index >= 15 is 0 Å². The van der Waals surface area contributed by atoms with Gasteiger partial charge < -0.3 is 15.8 Å². The molecular formula is C13H27ClN2O2. The van der Waals surface area contributed by atoms with E-state index in [2.05, 4.69) is 5.32 Å². The summed E-state index contributed by atoms with van der Waals surface area (Å²) in [4.78, 5) is 11.8. The zero-order valence-electron chi connectivity index (χ0n) is 11.7. The van der Waals surface area contributed by atoms with Crippen molar-refractivity contribution in [3.8, 4) is 0 Å². The normalized spacial score (nSPS) is 18.9. The molecule has 0 radical (unpaired) electrons. The summed E-state index contributed by atoms with van der Waals surface area (Å²) in [6.07, 6.45) is 3.26. The third-order valence-corrected chi connectivity index (χ3v) is 3.41. The fraction of sp³-hybridized carbons (Fsp3) is 0.923. The van der Waals surface area contributed by atoms with E-state index in [0.717, 1.165) is 39.0 Å². The number of carbonyl (C=O) groups is 1. The lowest BCUT2D eigenvalue weighted by Gasteiger charge is -2.26. The molecular weight excluding hydrogens is 252 g/mol. The Labute approximate surface area is 116 Å². The zero-order valence-corrected chi connectivity index (χ0v) is 12.5. The van der Waals surface area contributed by atoms with E-state index in [1.807, 2.05) is 20.8 Å². The predicted molar refractivity (Wildman–Crippen MR) is 75.8 cm³/mol. The molecule has 1 aliphatic rings. The Hall–Kier alpha value is -0.320. The van der Waals surface area contributed by atoms with Crippen molar-refractivity contribution < 1.29 is 9.53 Å². The number of ether oxygens (including phenoxy) is 1. The van der Waals surface area contributed by atoms with Gasteiger partial charge in [-0.15, -0.1) is 12.4 Å². The Morgan fingerprint density at radius 2 is 1.94 bits per heavy atom. The molecule has 0 spiro atoms. The Morgan fingerprint density at radius 3 is 2.44 bits per heavy atom. The molecule has 0 aliphatic carbocycles. The Morgan fingerprint density at radius 1 is 1.39 bits per heavy atom. The highest BCUT2D eigenvalue weighted by Crippen LogP contribution is 2.19. The third kappa shape index (κ3) is 6.03. The van der Waals surface area contributed by atoms with Gasteiger partial charge in [0.1, 0.15) is 0 Å². The van der Waals surface area contributed by atoms with Crippen LogP contribution in [0.5, 0.6) is 0 Å². The summed E-state index contributed by atoms with van der Waals surface area (Å²) < 4.78 is 5.30. The van der Waals surface area contributed by atoms with Crippen molar-refractivity contribution in [2.45, 2.75) is 46.1 Å². The van der Waals surface area contributed by atoms with Gasteiger partial charge in [0.05, 0.1) is 6.04 Å². The van der Waals surface area contributed by atoms with Crippen LogP contribution >= 0.6 is 12.4 Å². The van der Waals surface area contributed by atoms with E-state index in [9.17, 15) is 4.79 Å². The molecule has 108 valence electrons. The molecule has 0 unspecified atom stereocenters. The largest absolute Gasteiger partial charge is 0.381 e. The van der Waals surface area contributed by atoms with Crippen LogP contribution < -0.4 is 11.1 Å². The number of hydrogen-bond donors (Lipinski definition) is 2. The average Bonchev–Trinajstić information content (AvgIpc) is 2.28. The summed E-state index contributed by atoms with van der Waals surface area (Å²) in [5.41, 5.74) is 5.70. The summed E-state index contributed by atoms with van der Waals surface area (Å²) in [7, 11) is 0. The van der Waals surface area contributed by atoms with Crippen molar-refractivity contribution >= 4 is 18.3 Å². The van der Waals surface area contributed by atoms with Crippen molar-refractivity contribution in [3.05, 3.63) is 0 Å². The van der Waals surface area contributed by atoms with E-state index in [-0.39, 0.29) is 23.7 Å². The quantitative estimate of drug-likeness (QED) is 0.823. The van der Waals surface area contributed by atoms with E-state index in [0.29, 0.717) is 5.92 Å². The van der Waals surface area contributed by atoms with Crippen LogP contribution in [0, 0.1) is 11.3 Å². The maximum atomic E-state index is 11.8. The first-order chi connectivity index (χ1) is 7.91. The van der Waals surface area contributed by atoms with Crippen LogP contribution in [0.1, 0.15) is 40.0 Å². The Balaban J connectivity index is 0.00000289. The zero-order chi connectivity index (χ0) is 12.9. The van der Waals surface area contributed by atoms with E-state index < -0.39 is 6.04 Å². The van der Waals surface area contributed by atoms with Crippen LogP contribution in [-0.2, 0) is 9.53 Å². The molecule has 1 rings (SSSR count). The number of rotatable bonds is 4. The highest BCUT2D eigenvalue weighted by Gasteiger charge is 2.27. The standard InChI is InChI=1S/C13H26N2O2.ClH/c1-13(2,3)11(14)12(16)15-7-4-10-5-8-17-9-6-10;/h10-11H,4-9,14H2,1-3H3,(H,15,16);1H/t11-;/m1./s1. The van der Waals surface area contributed by atoms with Gasteiger partial charge in [0.2, 0.25) is 5.91 Å². The van der Waals surface area contributed by atoms with Crippen molar-refractivity contribution in [2.75, 3.05) is 19.8 Å². The Bertz CT molecular complexity index is 248. The van der Waals surface area contributed by atoms with Crippen molar-refractivity contribution in [1.29, 1.82) is 0 Å². The van der Waals surface area contributed by atoms with Gasteiger partial charge >= 0.3 is 0 Å². The van der Waals surface area contributed by atoms with Crippen molar-refractivity contribution in [3.63, 3.8) is 0 Å². The molecule has 0 bridgehead atoms. The lowest BCUT2D eigenvalue weighted by atomic mass is 9.87. The molecule has 5 heteroatoms. The second kappa shape index (κ2) is 7.97. The average molecular weight is 279 g/mol. The number of nitrogens with two attached hydrogens (primary N) is 1. The fourth-order valence-corrected chi connectivity index (χ4v) is 1.94. The molecule has 1 atom stereocenters. The number of carbonyl (C=O) groups excluding carboxylic acids is 1. The predicted octanol–water partition coefficient (Wildman–Crippen LogP) is 1.71. The summed E-state index contributed by atoms with van der Waals surface area (Å²) in [6.45, 7) is 8.40. The van der Waals surface area contributed by atoms with E-state index in [1.54, 1.807) is 0 Å². The maximum Gasteiger partial charge on any atom is 0.237 e. The second-order valence-electron chi connectivity index (χ2n) is 5.98. The van der Waals surface area contributed by atoms with Gasteiger partial charge in [0.25, 0.3) is 0 Å². The number of nitrogens with one attached hydrogen (secondary N) is 1. The molecule has 1 heterocycles. The molecule has 1 saturated heterocycles. The minimum Gasteiger partial charge on any atom is -0.381 e. The van der Waals surface area contributed by atoms with Crippen LogP contribution in [0.2, 0.25) is 0 Å². The third-order valence-electron chi connectivity index (χ3n) is 3.41. The van der Waals surface area contributed by atoms with Gasteiger partial charge in [-0.1, -0.05) is 20.8 Å². The molecule has 4 nitrogen and oxygen atoms in total. The highest BCUT2D eigenvalue weighted by molar-refractivity contribution is 5.85. The highest BCUT2D eigenvalue weighted by atomic mass is 35.5. The number of halogens is 1. The SMILES string of the molecule is CC(C)(C)[C@H](N)C(=O)NCCC1CCOCC1.Cl. The van der Waals surface area contributed by atoms with Crippen molar-refractivity contribution in [2.24, 2.45) is 17.1 Å². The van der Waals surface area contributed by atoms with Gasteiger partial charge in [0, 0.05) is 19.8 Å². The topological polar surface area (TPSA) is 64.4 Å². The number of amides is 1. The molecule has 3 N–H and O–H groups in total. The summed E-state index contributed by atoms with van der Waals surface area (Å²) in [5, 5.41) is 2.93. The number of hydrogen-bond acceptors (Lipinski definition) is 3. The van der Waals surface area contributed by atoms with Crippen molar-refractivity contribution in [1.82, 2.24) is 5.32 Å². The smallest absolute Gasteiger partial charge is 0.237 e. The molecule has 0 aromatic rings. The van der Waals surface area contributed by atoms with Crippen LogP contribution in [-0.4, -0.2) is 31.7 Å². The van der Waals surface area contributed by atoms with Crippen LogP contribution in [0.25, 0.3) is 0 Å². The molecule has 0 saturated carbocycles. The van der Waals surface area contributed by atoms with Crippen LogP contribution in [0.3, 0.4) is 0 Å². The molecule has 0 aromatic carbocycles. The van der Waals surface area contributed by atoms with Gasteiger partial charge in [-0.05, 0) is 30.6 Å². The molecule has 1 aliphatic heterocycles. The molecule has 0 aromatic heterocycles. The summed E-state index contributed by atoms with van der Waals surface area (Å²) in [5.74, 6) is 0.652. The first-order valence-corrected chi connectivity index (χ1v) is 6.52.